The fraction of sp³-hybridized carbons (Fsp3) is 0. The minimum absolute atomic E-state index is 0.496. The van der Waals surface area contributed by atoms with Gasteiger partial charge in [-0.2, -0.15) is 0 Å². The molecule has 1 rings (SSSR count). The van der Waals surface area contributed by atoms with E-state index in [-0.39, 0.29) is 0 Å². The Balaban J connectivity index is 3.00. The lowest BCUT2D eigenvalue weighted by Crippen LogP contribution is -1.91. The van der Waals surface area contributed by atoms with Crippen molar-refractivity contribution in [3.8, 4) is 0 Å². The topological polar surface area (TPSA) is 26.0 Å². The maximum atomic E-state index is 5.47. The van der Waals surface area contributed by atoms with Gasteiger partial charge in [0.25, 0.3) is 0 Å². The molecule has 0 spiro atoms. The summed E-state index contributed by atoms with van der Waals surface area (Å²) in [4.78, 5) is 0. The van der Waals surface area contributed by atoms with Gasteiger partial charge in [0.2, 0.25) is 0 Å². The zero-order chi connectivity index (χ0) is 12.8. The average molecular weight is 223 g/mol. The van der Waals surface area contributed by atoms with Crippen molar-refractivity contribution < 1.29 is 0 Å². The van der Waals surface area contributed by atoms with Crippen molar-refractivity contribution in [1.82, 2.24) is 0 Å². The van der Waals surface area contributed by atoms with E-state index >= 15 is 0 Å². The molecule has 86 valence electrons. The lowest BCUT2D eigenvalue weighted by molar-refractivity contribution is 1.45. The minimum Gasteiger partial charge on any atom is -0.399 e. The molecule has 1 aromatic carbocycles. The van der Waals surface area contributed by atoms with E-state index in [0.717, 1.165) is 22.3 Å². The van der Waals surface area contributed by atoms with Crippen LogP contribution in [0.4, 0.5) is 0 Å². The Morgan fingerprint density at radius 2 is 1.71 bits per heavy atom. The van der Waals surface area contributed by atoms with Gasteiger partial charge in [0.05, 0.1) is 0 Å². The first-order valence-electron chi connectivity index (χ1n) is 5.28. The van der Waals surface area contributed by atoms with Crippen LogP contribution in [0.1, 0.15) is 11.1 Å². The molecule has 0 heterocycles. The van der Waals surface area contributed by atoms with Crippen LogP contribution in [0, 0.1) is 0 Å². The number of rotatable bonds is 5. The van der Waals surface area contributed by atoms with Crippen molar-refractivity contribution in [3.63, 3.8) is 0 Å². The first kappa shape index (κ1) is 12.8. The van der Waals surface area contributed by atoms with Crippen molar-refractivity contribution >= 4 is 11.6 Å². The highest BCUT2D eigenvalue weighted by molar-refractivity contribution is 5.83. The third-order valence-electron chi connectivity index (χ3n) is 2.39. The lowest BCUT2D eigenvalue weighted by atomic mass is 9.95. The second-order valence-electron chi connectivity index (χ2n) is 3.70. The second kappa shape index (κ2) is 5.71. The summed E-state index contributed by atoms with van der Waals surface area (Å²) in [6.45, 7) is 15.4. The van der Waals surface area contributed by atoms with E-state index in [1.165, 1.54) is 0 Å². The molecule has 0 aliphatic carbocycles. The Morgan fingerprint density at radius 1 is 1.06 bits per heavy atom. The molecule has 17 heavy (non-hydrogen) atoms. The van der Waals surface area contributed by atoms with Crippen molar-refractivity contribution in [3.05, 3.63) is 85.1 Å². The van der Waals surface area contributed by atoms with Crippen molar-refractivity contribution in [2.45, 2.75) is 0 Å². The second-order valence-corrected chi connectivity index (χ2v) is 3.70. The molecule has 0 fully saturated rings. The summed E-state index contributed by atoms with van der Waals surface area (Å²) in [7, 11) is 0. The minimum atomic E-state index is 0.496. The van der Waals surface area contributed by atoms with Gasteiger partial charge in [-0.05, 0) is 28.3 Å². The van der Waals surface area contributed by atoms with Crippen molar-refractivity contribution in [1.29, 1.82) is 0 Å². The molecule has 0 bridgehead atoms. The molecule has 0 radical (unpaired) electrons. The Kier molecular flexibility index (Phi) is 4.29. The van der Waals surface area contributed by atoms with Crippen LogP contribution >= 0.6 is 0 Å². The average Bonchev–Trinajstić information content (AvgIpc) is 2.34. The Morgan fingerprint density at radius 3 is 2.29 bits per heavy atom. The largest absolute Gasteiger partial charge is 0.399 e. The molecule has 1 heteroatoms. The van der Waals surface area contributed by atoms with Gasteiger partial charge < -0.3 is 5.73 Å². The standard InChI is InChI=1S/C16H17N/c1-5-15-8-6-7-9-16(15)14(4)12(2)10-11-13(3)17/h5-11H,1-4,17H2/b11-10-. The Hall–Kier alpha value is -2.28. The fourth-order valence-corrected chi connectivity index (χ4v) is 1.43. The molecular weight excluding hydrogens is 206 g/mol. The number of allylic oxidation sites excluding steroid dienone is 4. The van der Waals surface area contributed by atoms with E-state index in [4.69, 9.17) is 5.73 Å². The summed E-state index contributed by atoms with van der Waals surface area (Å²) in [6.07, 6.45) is 5.33. The number of nitrogens with two attached hydrogens (primary N) is 1. The van der Waals surface area contributed by atoms with Gasteiger partial charge in [0.1, 0.15) is 0 Å². The van der Waals surface area contributed by atoms with Gasteiger partial charge in [0, 0.05) is 5.70 Å². The summed E-state index contributed by atoms with van der Waals surface area (Å²) in [5.74, 6) is 0. The molecule has 0 unspecified atom stereocenters. The van der Waals surface area contributed by atoms with Crippen molar-refractivity contribution in [2.24, 2.45) is 5.73 Å². The van der Waals surface area contributed by atoms with E-state index < -0.39 is 0 Å². The summed E-state index contributed by atoms with van der Waals surface area (Å²) < 4.78 is 0. The fourth-order valence-electron chi connectivity index (χ4n) is 1.43. The summed E-state index contributed by atoms with van der Waals surface area (Å²) >= 11 is 0. The van der Waals surface area contributed by atoms with Gasteiger partial charge in [-0.15, -0.1) is 0 Å². The number of hydrogen-bond donors (Lipinski definition) is 1. The molecule has 2 N–H and O–H groups in total. The number of hydrogen-bond acceptors (Lipinski definition) is 1. The molecule has 1 nitrogen and oxygen atoms in total. The first-order valence-corrected chi connectivity index (χ1v) is 5.28. The van der Waals surface area contributed by atoms with E-state index in [1.807, 2.05) is 30.3 Å². The van der Waals surface area contributed by atoms with Crippen LogP contribution in [-0.2, 0) is 0 Å². The lowest BCUT2D eigenvalue weighted by Gasteiger charge is -2.09. The van der Waals surface area contributed by atoms with Crippen LogP contribution in [0.5, 0.6) is 0 Å². The highest BCUT2D eigenvalue weighted by Gasteiger charge is 2.04. The van der Waals surface area contributed by atoms with Crippen LogP contribution in [0.15, 0.2) is 74.0 Å². The zero-order valence-electron chi connectivity index (χ0n) is 9.95. The predicted molar refractivity (Wildman–Crippen MR) is 77.2 cm³/mol. The molecule has 0 saturated heterocycles. The smallest absolute Gasteiger partial charge is 0.0241 e. The maximum absolute atomic E-state index is 5.47. The van der Waals surface area contributed by atoms with Gasteiger partial charge in [0.15, 0.2) is 0 Å². The van der Waals surface area contributed by atoms with Crippen LogP contribution < -0.4 is 5.73 Å². The molecule has 0 amide bonds. The third-order valence-corrected chi connectivity index (χ3v) is 2.39. The van der Waals surface area contributed by atoms with Crippen LogP contribution in [0.3, 0.4) is 0 Å². The Bertz CT molecular complexity index is 504. The molecule has 1 aromatic rings. The monoisotopic (exact) mass is 223 g/mol. The quantitative estimate of drug-likeness (QED) is 0.752. The van der Waals surface area contributed by atoms with E-state index in [9.17, 15) is 0 Å². The molecule has 0 atom stereocenters. The third kappa shape index (κ3) is 3.35. The van der Waals surface area contributed by atoms with E-state index in [1.54, 1.807) is 12.2 Å². The highest BCUT2D eigenvalue weighted by atomic mass is 14.5. The maximum Gasteiger partial charge on any atom is 0.0241 e. The zero-order valence-corrected chi connectivity index (χ0v) is 9.95. The highest BCUT2D eigenvalue weighted by Crippen LogP contribution is 2.24. The summed E-state index contributed by atoms with van der Waals surface area (Å²) in [5, 5.41) is 0. The molecule has 0 aromatic heterocycles. The van der Waals surface area contributed by atoms with E-state index in [2.05, 4.69) is 26.3 Å². The van der Waals surface area contributed by atoms with Crippen molar-refractivity contribution in [2.75, 3.05) is 0 Å². The van der Waals surface area contributed by atoms with Gasteiger partial charge in [-0.3, -0.25) is 0 Å². The first-order chi connectivity index (χ1) is 8.06. The van der Waals surface area contributed by atoms with E-state index in [0.29, 0.717) is 5.70 Å². The molecule has 0 saturated carbocycles. The SMILES string of the molecule is C=Cc1ccccc1C(=C)C(=C)/C=C\C(=C)N. The predicted octanol–water partition coefficient (Wildman–Crippen LogP) is 3.93. The van der Waals surface area contributed by atoms with Gasteiger partial charge >= 0.3 is 0 Å². The molecular formula is C16H17N. The van der Waals surface area contributed by atoms with Crippen LogP contribution in [-0.4, -0.2) is 0 Å². The van der Waals surface area contributed by atoms with Gasteiger partial charge in [-0.25, -0.2) is 0 Å². The summed E-state index contributed by atoms with van der Waals surface area (Å²) in [6, 6.07) is 7.92. The number of benzene rings is 1. The summed E-state index contributed by atoms with van der Waals surface area (Å²) in [5.41, 5.74) is 9.70. The molecule has 0 aliphatic rings. The Labute approximate surface area is 103 Å². The normalized spacial score (nSPS) is 10.1. The van der Waals surface area contributed by atoms with Gasteiger partial charge in [-0.1, -0.05) is 62.7 Å². The molecule has 0 aliphatic heterocycles. The van der Waals surface area contributed by atoms with Crippen LogP contribution in [0.2, 0.25) is 0 Å². The van der Waals surface area contributed by atoms with Crippen LogP contribution in [0.25, 0.3) is 11.6 Å².